The van der Waals surface area contributed by atoms with Crippen LogP contribution in [-0.2, 0) is 13.6 Å². The number of hydrogen-bond donors (Lipinski definition) is 1. The zero-order chi connectivity index (χ0) is 14.3. The average Bonchev–Trinajstić information content (AvgIpc) is 2.93. The SMILES string of the molecule is Cc1nn(C)c2ncc(CN3CCC(C)(CN)C3)cc12. The summed E-state index contributed by atoms with van der Waals surface area (Å²) >= 11 is 0. The van der Waals surface area contributed by atoms with Crippen LogP contribution in [0, 0.1) is 12.3 Å². The molecule has 0 spiro atoms. The first-order chi connectivity index (χ1) is 9.50. The largest absolute Gasteiger partial charge is 0.330 e. The van der Waals surface area contributed by atoms with Crippen LogP contribution in [0.4, 0.5) is 0 Å². The van der Waals surface area contributed by atoms with Crippen molar-refractivity contribution in [2.75, 3.05) is 19.6 Å². The molecule has 0 radical (unpaired) electrons. The van der Waals surface area contributed by atoms with Crippen molar-refractivity contribution in [2.45, 2.75) is 26.8 Å². The third kappa shape index (κ3) is 2.31. The normalized spacial score (nSPS) is 23.8. The molecule has 1 aliphatic heterocycles. The van der Waals surface area contributed by atoms with Gasteiger partial charge < -0.3 is 5.73 Å². The Morgan fingerprint density at radius 3 is 2.95 bits per heavy atom. The number of likely N-dealkylation sites (tertiary alicyclic amines) is 1. The molecule has 3 heterocycles. The lowest BCUT2D eigenvalue weighted by Crippen LogP contribution is -2.31. The first-order valence-electron chi connectivity index (χ1n) is 7.21. The molecule has 5 heteroatoms. The highest BCUT2D eigenvalue weighted by molar-refractivity contribution is 5.78. The van der Waals surface area contributed by atoms with E-state index in [1.54, 1.807) is 0 Å². The van der Waals surface area contributed by atoms with Gasteiger partial charge in [0, 0.05) is 31.7 Å². The third-order valence-corrected chi connectivity index (χ3v) is 4.46. The van der Waals surface area contributed by atoms with Crippen LogP contribution in [-0.4, -0.2) is 39.3 Å². The molecule has 3 rings (SSSR count). The summed E-state index contributed by atoms with van der Waals surface area (Å²) in [6, 6.07) is 2.22. The number of hydrogen-bond acceptors (Lipinski definition) is 4. The van der Waals surface area contributed by atoms with Crippen LogP contribution in [0.15, 0.2) is 12.3 Å². The molecule has 1 atom stereocenters. The van der Waals surface area contributed by atoms with Crippen molar-refractivity contribution >= 4 is 11.0 Å². The Labute approximate surface area is 119 Å². The highest BCUT2D eigenvalue weighted by Crippen LogP contribution is 2.29. The molecular weight excluding hydrogens is 250 g/mol. The van der Waals surface area contributed by atoms with Crippen LogP contribution < -0.4 is 5.73 Å². The molecule has 0 bridgehead atoms. The quantitative estimate of drug-likeness (QED) is 0.919. The van der Waals surface area contributed by atoms with Crippen LogP contribution in [0.3, 0.4) is 0 Å². The van der Waals surface area contributed by atoms with Crippen molar-refractivity contribution in [3.8, 4) is 0 Å². The summed E-state index contributed by atoms with van der Waals surface area (Å²) in [5.41, 5.74) is 9.41. The number of fused-ring (bicyclic) bond motifs is 1. The molecule has 1 unspecified atom stereocenters. The van der Waals surface area contributed by atoms with E-state index in [1.165, 1.54) is 12.0 Å². The second-order valence-corrected chi connectivity index (χ2v) is 6.40. The summed E-state index contributed by atoms with van der Waals surface area (Å²) < 4.78 is 1.84. The molecule has 1 saturated heterocycles. The van der Waals surface area contributed by atoms with Gasteiger partial charge in [-0.15, -0.1) is 0 Å². The molecule has 1 aliphatic rings. The Hall–Kier alpha value is -1.46. The van der Waals surface area contributed by atoms with Crippen LogP contribution in [0.1, 0.15) is 24.6 Å². The molecule has 2 N–H and O–H groups in total. The Bertz CT molecular complexity index is 632. The molecule has 0 saturated carbocycles. The van der Waals surface area contributed by atoms with E-state index in [0.717, 1.165) is 42.9 Å². The van der Waals surface area contributed by atoms with Gasteiger partial charge in [0.15, 0.2) is 5.65 Å². The number of aryl methyl sites for hydroxylation is 2. The summed E-state index contributed by atoms with van der Waals surface area (Å²) in [7, 11) is 1.94. The van der Waals surface area contributed by atoms with Crippen molar-refractivity contribution in [2.24, 2.45) is 18.2 Å². The van der Waals surface area contributed by atoms with Gasteiger partial charge in [0.1, 0.15) is 0 Å². The van der Waals surface area contributed by atoms with Crippen LogP contribution in [0.25, 0.3) is 11.0 Å². The number of nitrogens with two attached hydrogens (primary N) is 1. The number of nitrogens with zero attached hydrogens (tertiary/aromatic N) is 4. The maximum atomic E-state index is 5.87. The third-order valence-electron chi connectivity index (χ3n) is 4.46. The fraction of sp³-hybridized carbons (Fsp3) is 0.600. The summed E-state index contributed by atoms with van der Waals surface area (Å²) in [6.07, 6.45) is 3.16. The van der Waals surface area contributed by atoms with E-state index in [2.05, 4.69) is 28.0 Å². The number of aromatic nitrogens is 3. The van der Waals surface area contributed by atoms with Crippen molar-refractivity contribution < 1.29 is 0 Å². The summed E-state index contributed by atoms with van der Waals surface area (Å²) in [5, 5.41) is 5.58. The van der Waals surface area contributed by atoms with Gasteiger partial charge in [0.2, 0.25) is 0 Å². The molecule has 5 nitrogen and oxygen atoms in total. The Morgan fingerprint density at radius 2 is 2.25 bits per heavy atom. The smallest absolute Gasteiger partial charge is 0.157 e. The Morgan fingerprint density at radius 1 is 1.45 bits per heavy atom. The van der Waals surface area contributed by atoms with E-state index in [1.807, 2.05) is 24.9 Å². The molecule has 0 aliphatic carbocycles. The molecule has 1 fully saturated rings. The number of rotatable bonds is 3. The second kappa shape index (κ2) is 4.82. The Kier molecular flexibility index (Phi) is 3.26. The summed E-state index contributed by atoms with van der Waals surface area (Å²) in [6.45, 7) is 8.23. The molecule has 2 aromatic heterocycles. The molecule has 2 aromatic rings. The minimum Gasteiger partial charge on any atom is -0.330 e. The lowest BCUT2D eigenvalue weighted by Gasteiger charge is -2.22. The zero-order valence-corrected chi connectivity index (χ0v) is 12.6. The zero-order valence-electron chi connectivity index (χ0n) is 12.6. The monoisotopic (exact) mass is 273 g/mol. The molecule has 108 valence electrons. The van der Waals surface area contributed by atoms with Crippen molar-refractivity contribution in [3.63, 3.8) is 0 Å². The van der Waals surface area contributed by atoms with E-state index in [0.29, 0.717) is 0 Å². The lowest BCUT2D eigenvalue weighted by molar-refractivity contribution is 0.274. The number of pyridine rings is 1. The van der Waals surface area contributed by atoms with Crippen LogP contribution in [0.2, 0.25) is 0 Å². The predicted molar refractivity (Wildman–Crippen MR) is 80.3 cm³/mol. The predicted octanol–water partition coefficient (Wildman–Crippen LogP) is 1.45. The van der Waals surface area contributed by atoms with Gasteiger partial charge in [-0.2, -0.15) is 5.10 Å². The van der Waals surface area contributed by atoms with Gasteiger partial charge in [-0.05, 0) is 43.5 Å². The van der Waals surface area contributed by atoms with E-state index in [9.17, 15) is 0 Å². The topological polar surface area (TPSA) is 60.0 Å². The van der Waals surface area contributed by atoms with E-state index < -0.39 is 0 Å². The summed E-state index contributed by atoms with van der Waals surface area (Å²) in [4.78, 5) is 7.02. The van der Waals surface area contributed by atoms with Crippen molar-refractivity contribution in [1.29, 1.82) is 0 Å². The maximum Gasteiger partial charge on any atom is 0.157 e. The van der Waals surface area contributed by atoms with Gasteiger partial charge >= 0.3 is 0 Å². The fourth-order valence-electron chi connectivity index (χ4n) is 3.12. The summed E-state index contributed by atoms with van der Waals surface area (Å²) in [5.74, 6) is 0. The standard InChI is InChI=1S/C15H23N5/c1-11-13-6-12(7-17-14(13)19(3)18-11)8-20-5-4-15(2,9-16)10-20/h6-7H,4-5,8-10,16H2,1-3H3. The highest BCUT2D eigenvalue weighted by atomic mass is 15.3. The van der Waals surface area contributed by atoms with Gasteiger partial charge in [-0.25, -0.2) is 4.98 Å². The molecule has 20 heavy (non-hydrogen) atoms. The molecule has 0 aromatic carbocycles. The van der Waals surface area contributed by atoms with Gasteiger partial charge in [0.05, 0.1) is 5.69 Å². The first kappa shape index (κ1) is 13.5. The fourth-order valence-corrected chi connectivity index (χ4v) is 3.12. The van der Waals surface area contributed by atoms with Gasteiger partial charge in [-0.3, -0.25) is 9.58 Å². The van der Waals surface area contributed by atoms with Gasteiger partial charge in [-0.1, -0.05) is 6.92 Å². The van der Waals surface area contributed by atoms with Crippen molar-refractivity contribution in [3.05, 3.63) is 23.5 Å². The highest BCUT2D eigenvalue weighted by Gasteiger charge is 2.32. The van der Waals surface area contributed by atoms with Gasteiger partial charge in [0.25, 0.3) is 0 Å². The van der Waals surface area contributed by atoms with E-state index >= 15 is 0 Å². The van der Waals surface area contributed by atoms with Crippen LogP contribution in [0.5, 0.6) is 0 Å². The maximum absolute atomic E-state index is 5.87. The van der Waals surface area contributed by atoms with Crippen LogP contribution >= 0.6 is 0 Å². The molecular formula is C15H23N5. The van der Waals surface area contributed by atoms with E-state index in [-0.39, 0.29) is 5.41 Å². The Balaban J connectivity index is 1.80. The minimum absolute atomic E-state index is 0.280. The average molecular weight is 273 g/mol. The van der Waals surface area contributed by atoms with Crippen molar-refractivity contribution in [1.82, 2.24) is 19.7 Å². The first-order valence-corrected chi connectivity index (χ1v) is 7.21. The lowest BCUT2D eigenvalue weighted by atomic mass is 9.90. The minimum atomic E-state index is 0.280. The molecule has 0 amide bonds. The van der Waals surface area contributed by atoms with E-state index in [4.69, 9.17) is 5.73 Å². The second-order valence-electron chi connectivity index (χ2n) is 6.40.